The van der Waals surface area contributed by atoms with Gasteiger partial charge in [0.1, 0.15) is 4.90 Å². The molecule has 1 N–H and O–H groups in total. The average Bonchev–Trinajstić information content (AvgIpc) is 3.38. The van der Waals surface area contributed by atoms with Gasteiger partial charge in [-0.15, -0.1) is 0 Å². The Labute approximate surface area is 181 Å². The number of benzene rings is 2. The quantitative estimate of drug-likeness (QED) is 0.692. The van der Waals surface area contributed by atoms with E-state index >= 15 is 0 Å². The van der Waals surface area contributed by atoms with Crippen LogP contribution in [0.3, 0.4) is 0 Å². The van der Waals surface area contributed by atoms with Gasteiger partial charge in [0.2, 0.25) is 10.0 Å². The number of hydrogen-bond donors (Lipinski definition) is 1. The maximum atomic E-state index is 13.0. The third-order valence-electron chi connectivity index (χ3n) is 5.49. The fourth-order valence-electron chi connectivity index (χ4n) is 3.71. The molecule has 2 fully saturated rings. The van der Waals surface area contributed by atoms with Crippen LogP contribution in [0.1, 0.15) is 47.6 Å². The molecule has 1 amide bonds. The molecule has 1 aliphatic heterocycles. The molecule has 0 spiro atoms. The van der Waals surface area contributed by atoms with E-state index in [9.17, 15) is 13.2 Å². The van der Waals surface area contributed by atoms with Gasteiger partial charge >= 0.3 is 0 Å². The van der Waals surface area contributed by atoms with Crippen LogP contribution in [0.15, 0.2) is 47.4 Å². The Hall–Kier alpha value is -1.60. The van der Waals surface area contributed by atoms with Crippen LogP contribution in [0.25, 0.3) is 0 Å². The largest absolute Gasteiger partial charge is 0.345 e. The minimum absolute atomic E-state index is 0.0109. The Morgan fingerprint density at radius 1 is 1.03 bits per heavy atom. The van der Waals surface area contributed by atoms with Gasteiger partial charge in [-0.2, -0.15) is 4.31 Å². The molecule has 2 aromatic rings. The second kappa shape index (κ2) is 8.26. The summed E-state index contributed by atoms with van der Waals surface area (Å²) in [7, 11) is -3.71. The van der Waals surface area contributed by atoms with E-state index in [1.807, 2.05) is 12.1 Å². The molecule has 154 valence electrons. The van der Waals surface area contributed by atoms with Crippen LogP contribution >= 0.6 is 23.2 Å². The van der Waals surface area contributed by atoms with E-state index in [2.05, 4.69) is 5.32 Å². The molecular weight excluding hydrogens is 431 g/mol. The molecule has 4 rings (SSSR count). The van der Waals surface area contributed by atoms with E-state index < -0.39 is 10.0 Å². The van der Waals surface area contributed by atoms with Gasteiger partial charge in [0.15, 0.2) is 0 Å². The molecule has 1 unspecified atom stereocenters. The molecule has 0 aromatic heterocycles. The molecule has 1 heterocycles. The van der Waals surface area contributed by atoms with Crippen molar-refractivity contribution < 1.29 is 13.2 Å². The molecule has 1 aliphatic carbocycles. The summed E-state index contributed by atoms with van der Waals surface area (Å²) in [5.74, 6) is 0.0617. The molecule has 2 aromatic carbocycles. The maximum absolute atomic E-state index is 13.0. The monoisotopic (exact) mass is 452 g/mol. The maximum Gasteiger partial charge on any atom is 0.251 e. The van der Waals surface area contributed by atoms with Gasteiger partial charge in [-0.3, -0.25) is 4.79 Å². The second-order valence-electron chi connectivity index (χ2n) is 7.60. The van der Waals surface area contributed by atoms with Gasteiger partial charge in [0.05, 0.1) is 11.1 Å². The molecule has 1 saturated heterocycles. The molecule has 8 heteroatoms. The molecule has 2 aliphatic rings. The zero-order valence-electron chi connectivity index (χ0n) is 15.8. The van der Waals surface area contributed by atoms with E-state index in [0.717, 1.165) is 31.2 Å². The minimum atomic E-state index is -3.71. The lowest BCUT2D eigenvalue weighted by Crippen LogP contribution is -2.31. The van der Waals surface area contributed by atoms with Crippen molar-refractivity contribution in [3.63, 3.8) is 0 Å². The number of hydrogen-bond acceptors (Lipinski definition) is 3. The second-order valence-corrected chi connectivity index (χ2v) is 10.3. The van der Waals surface area contributed by atoms with Gasteiger partial charge in [0, 0.05) is 23.7 Å². The van der Waals surface area contributed by atoms with E-state index in [-0.39, 0.29) is 27.4 Å². The van der Waals surface area contributed by atoms with Gasteiger partial charge < -0.3 is 5.32 Å². The van der Waals surface area contributed by atoms with Crippen LogP contribution in [0.2, 0.25) is 10.0 Å². The van der Waals surface area contributed by atoms with Crippen molar-refractivity contribution in [3.8, 4) is 0 Å². The first-order valence-corrected chi connectivity index (χ1v) is 11.9. The number of carbonyl (C=O) groups is 1. The van der Waals surface area contributed by atoms with Crippen molar-refractivity contribution in [2.75, 3.05) is 13.1 Å². The van der Waals surface area contributed by atoms with Crippen LogP contribution < -0.4 is 5.32 Å². The van der Waals surface area contributed by atoms with Crippen LogP contribution in [-0.4, -0.2) is 31.7 Å². The fourth-order valence-corrected chi connectivity index (χ4v) is 5.85. The van der Waals surface area contributed by atoms with Crippen molar-refractivity contribution in [3.05, 3.63) is 63.6 Å². The highest BCUT2D eigenvalue weighted by atomic mass is 35.5. The average molecular weight is 453 g/mol. The van der Waals surface area contributed by atoms with Crippen molar-refractivity contribution in [2.45, 2.75) is 36.6 Å². The summed E-state index contributed by atoms with van der Waals surface area (Å²) in [6.45, 7) is 0.963. The molecule has 29 heavy (non-hydrogen) atoms. The predicted molar refractivity (Wildman–Crippen MR) is 114 cm³/mol. The zero-order chi connectivity index (χ0) is 20.6. The van der Waals surface area contributed by atoms with Gasteiger partial charge in [-0.1, -0.05) is 35.3 Å². The number of rotatable bonds is 6. The summed E-state index contributed by atoms with van der Waals surface area (Å²) < 4.78 is 27.3. The SMILES string of the molecule is O=C(NC(c1ccc(Cl)cc1)C1CC1)c1ccc(Cl)c(S(=O)(=O)N2CCCC2)c1. The predicted octanol–water partition coefficient (Wildman–Crippen LogP) is 4.66. The lowest BCUT2D eigenvalue weighted by molar-refractivity contribution is 0.0931. The minimum Gasteiger partial charge on any atom is -0.345 e. The van der Waals surface area contributed by atoms with Crippen LogP contribution in [0.5, 0.6) is 0 Å². The smallest absolute Gasteiger partial charge is 0.251 e. The lowest BCUT2D eigenvalue weighted by Gasteiger charge is -2.20. The first kappa shape index (κ1) is 20.7. The lowest BCUT2D eigenvalue weighted by atomic mass is 10.0. The van der Waals surface area contributed by atoms with Crippen molar-refractivity contribution >= 4 is 39.1 Å². The molecule has 1 atom stereocenters. The number of nitrogens with zero attached hydrogens (tertiary/aromatic N) is 1. The van der Waals surface area contributed by atoms with Crippen LogP contribution in [0, 0.1) is 5.92 Å². The Bertz CT molecular complexity index is 1010. The van der Waals surface area contributed by atoms with Crippen molar-refractivity contribution in [2.24, 2.45) is 5.92 Å². The Kier molecular flexibility index (Phi) is 5.89. The van der Waals surface area contributed by atoms with Crippen LogP contribution in [-0.2, 0) is 10.0 Å². The summed E-state index contributed by atoms with van der Waals surface area (Å²) in [6, 6.07) is 11.7. The van der Waals surface area contributed by atoms with E-state index in [4.69, 9.17) is 23.2 Å². The number of carbonyl (C=O) groups excluding carboxylic acids is 1. The van der Waals surface area contributed by atoms with E-state index in [0.29, 0.717) is 24.0 Å². The molecule has 0 radical (unpaired) electrons. The van der Waals surface area contributed by atoms with Crippen molar-refractivity contribution in [1.82, 2.24) is 9.62 Å². The highest BCUT2D eigenvalue weighted by Crippen LogP contribution is 2.41. The third-order valence-corrected chi connectivity index (χ3v) is 8.12. The molecule has 0 bridgehead atoms. The van der Waals surface area contributed by atoms with Gasteiger partial charge in [-0.05, 0) is 67.5 Å². The third kappa shape index (κ3) is 4.45. The van der Waals surface area contributed by atoms with Crippen LogP contribution in [0.4, 0.5) is 0 Å². The number of amides is 1. The normalized spacial score (nSPS) is 18.6. The highest BCUT2D eigenvalue weighted by Gasteiger charge is 2.34. The first-order chi connectivity index (χ1) is 13.9. The highest BCUT2D eigenvalue weighted by molar-refractivity contribution is 7.89. The zero-order valence-corrected chi connectivity index (χ0v) is 18.1. The summed E-state index contributed by atoms with van der Waals surface area (Å²) >= 11 is 12.2. The Morgan fingerprint density at radius 2 is 1.69 bits per heavy atom. The summed E-state index contributed by atoms with van der Waals surface area (Å²) in [4.78, 5) is 12.9. The molecule has 5 nitrogen and oxygen atoms in total. The number of sulfonamides is 1. The fraction of sp³-hybridized carbons (Fsp3) is 0.381. The summed E-state index contributed by atoms with van der Waals surface area (Å²) in [5.41, 5.74) is 1.27. The van der Waals surface area contributed by atoms with E-state index in [1.165, 1.54) is 16.4 Å². The Morgan fingerprint density at radius 3 is 2.31 bits per heavy atom. The number of nitrogens with one attached hydrogen (secondary N) is 1. The standard InChI is InChI=1S/C21H22Cl2N2O3S/c22-17-8-5-15(6-9-17)20(14-3-4-14)24-21(26)16-7-10-18(23)19(13-16)29(27,28)25-11-1-2-12-25/h5-10,13-14,20H,1-4,11-12H2,(H,24,26). The van der Waals surface area contributed by atoms with Gasteiger partial charge in [0.25, 0.3) is 5.91 Å². The molecular formula is C21H22Cl2N2O3S. The topological polar surface area (TPSA) is 66.5 Å². The first-order valence-electron chi connectivity index (χ1n) is 9.72. The summed E-state index contributed by atoms with van der Waals surface area (Å²) in [6.07, 6.45) is 3.76. The Balaban J connectivity index is 1.59. The van der Waals surface area contributed by atoms with Crippen molar-refractivity contribution in [1.29, 1.82) is 0 Å². The number of halogens is 2. The molecule has 1 saturated carbocycles. The van der Waals surface area contributed by atoms with Gasteiger partial charge in [-0.25, -0.2) is 8.42 Å². The summed E-state index contributed by atoms with van der Waals surface area (Å²) in [5, 5.41) is 3.84. The van der Waals surface area contributed by atoms with E-state index in [1.54, 1.807) is 18.2 Å².